The fourth-order valence-electron chi connectivity index (χ4n) is 2.76. The molecule has 1 amide bonds. The summed E-state index contributed by atoms with van der Waals surface area (Å²) in [5, 5.41) is 0. The van der Waals surface area contributed by atoms with Gasteiger partial charge in [-0.25, -0.2) is 0 Å². The van der Waals surface area contributed by atoms with Crippen LogP contribution in [0.1, 0.15) is 24.4 Å². The number of carbonyl (C=O) groups is 1. The van der Waals surface area contributed by atoms with Crippen molar-refractivity contribution >= 4 is 17.5 Å². The maximum absolute atomic E-state index is 11.8. The second kappa shape index (κ2) is 5.29. The van der Waals surface area contributed by atoms with Crippen LogP contribution >= 0.6 is 11.6 Å². The molecule has 4 nitrogen and oxygen atoms in total. The van der Waals surface area contributed by atoms with Crippen molar-refractivity contribution in [2.75, 3.05) is 25.6 Å². The van der Waals surface area contributed by atoms with Crippen molar-refractivity contribution in [1.82, 2.24) is 4.90 Å². The Kier molecular flexibility index (Phi) is 3.51. The van der Waals surface area contributed by atoms with Crippen LogP contribution < -0.4 is 9.47 Å². The molecule has 0 spiro atoms. The number of halogens is 1. The Bertz CT molecular complexity index is 492. The molecule has 1 saturated heterocycles. The number of benzene rings is 1. The molecular weight excluding hydrogens is 266 g/mol. The van der Waals surface area contributed by atoms with E-state index >= 15 is 0 Å². The van der Waals surface area contributed by atoms with Crippen LogP contribution in [0.25, 0.3) is 0 Å². The van der Waals surface area contributed by atoms with E-state index in [1.165, 1.54) is 0 Å². The molecule has 5 heteroatoms. The number of rotatable bonds is 2. The molecule has 1 atom stereocenters. The molecule has 2 aliphatic heterocycles. The van der Waals surface area contributed by atoms with Gasteiger partial charge in [-0.15, -0.1) is 11.6 Å². The van der Waals surface area contributed by atoms with Gasteiger partial charge in [0.25, 0.3) is 0 Å². The van der Waals surface area contributed by atoms with Gasteiger partial charge < -0.3 is 14.4 Å². The molecule has 0 radical (unpaired) electrons. The maximum Gasteiger partial charge on any atom is 0.238 e. The first-order valence-corrected chi connectivity index (χ1v) is 7.08. The highest BCUT2D eigenvalue weighted by Gasteiger charge is 2.30. The van der Waals surface area contributed by atoms with Crippen LogP contribution in [0.2, 0.25) is 0 Å². The Hall–Kier alpha value is -1.42. The van der Waals surface area contributed by atoms with E-state index in [0.29, 0.717) is 13.2 Å². The second-order valence-corrected chi connectivity index (χ2v) is 5.05. The first kappa shape index (κ1) is 12.6. The van der Waals surface area contributed by atoms with Crippen molar-refractivity contribution in [2.45, 2.75) is 18.9 Å². The summed E-state index contributed by atoms with van der Waals surface area (Å²) in [5.74, 6) is 1.59. The predicted octanol–water partition coefficient (Wildman–Crippen LogP) is 2.36. The van der Waals surface area contributed by atoms with Crippen molar-refractivity contribution in [2.24, 2.45) is 0 Å². The van der Waals surface area contributed by atoms with Crippen LogP contribution in [0.4, 0.5) is 0 Å². The Morgan fingerprint density at radius 1 is 1.32 bits per heavy atom. The number of carbonyl (C=O) groups excluding carboxylic acids is 1. The van der Waals surface area contributed by atoms with E-state index in [1.807, 2.05) is 23.1 Å². The Labute approximate surface area is 117 Å². The van der Waals surface area contributed by atoms with Gasteiger partial charge in [-0.05, 0) is 30.5 Å². The Balaban J connectivity index is 1.87. The lowest BCUT2D eigenvalue weighted by Gasteiger charge is -2.26. The highest BCUT2D eigenvalue weighted by atomic mass is 35.5. The van der Waals surface area contributed by atoms with Gasteiger partial charge in [0.15, 0.2) is 11.5 Å². The SMILES string of the molecule is O=C(CCl)N1CCC[C@@H]1c1ccc2c(c1)OCCO2. The number of likely N-dealkylation sites (tertiary alicyclic amines) is 1. The normalized spacial score (nSPS) is 21.5. The lowest BCUT2D eigenvalue weighted by Crippen LogP contribution is -2.31. The highest BCUT2D eigenvalue weighted by Crippen LogP contribution is 2.38. The van der Waals surface area contributed by atoms with Gasteiger partial charge in [0, 0.05) is 6.54 Å². The van der Waals surface area contributed by atoms with Crippen LogP contribution in [-0.2, 0) is 4.79 Å². The number of hydrogen-bond acceptors (Lipinski definition) is 3. The number of nitrogens with zero attached hydrogens (tertiary/aromatic N) is 1. The summed E-state index contributed by atoms with van der Waals surface area (Å²) in [6.45, 7) is 1.95. The zero-order chi connectivity index (χ0) is 13.2. The number of amides is 1. The van der Waals surface area contributed by atoms with E-state index in [0.717, 1.165) is 36.4 Å². The van der Waals surface area contributed by atoms with E-state index in [2.05, 4.69) is 0 Å². The molecule has 2 heterocycles. The minimum Gasteiger partial charge on any atom is -0.486 e. The van der Waals surface area contributed by atoms with Gasteiger partial charge in [0.05, 0.1) is 6.04 Å². The van der Waals surface area contributed by atoms with Crippen LogP contribution in [0.5, 0.6) is 11.5 Å². The fourth-order valence-corrected chi connectivity index (χ4v) is 2.91. The van der Waals surface area contributed by atoms with Gasteiger partial charge >= 0.3 is 0 Å². The van der Waals surface area contributed by atoms with Crippen LogP contribution in [0.3, 0.4) is 0 Å². The third kappa shape index (κ3) is 2.37. The lowest BCUT2D eigenvalue weighted by molar-refractivity contribution is -0.129. The number of fused-ring (bicyclic) bond motifs is 1. The second-order valence-electron chi connectivity index (χ2n) is 4.78. The minimum atomic E-state index is -0.000874. The number of hydrogen-bond donors (Lipinski definition) is 0. The van der Waals surface area contributed by atoms with Crippen molar-refractivity contribution < 1.29 is 14.3 Å². The minimum absolute atomic E-state index is 0.000874. The molecule has 0 N–H and O–H groups in total. The monoisotopic (exact) mass is 281 g/mol. The lowest BCUT2D eigenvalue weighted by atomic mass is 10.0. The summed E-state index contributed by atoms with van der Waals surface area (Å²) in [6, 6.07) is 6.03. The van der Waals surface area contributed by atoms with E-state index in [9.17, 15) is 4.79 Å². The third-order valence-electron chi connectivity index (χ3n) is 3.64. The number of alkyl halides is 1. The van der Waals surface area contributed by atoms with Gasteiger partial charge in [0.2, 0.25) is 5.91 Å². The van der Waals surface area contributed by atoms with Gasteiger partial charge in [-0.1, -0.05) is 6.07 Å². The van der Waals surface area contributed by atoms with Crippen molar-refractivity contribution in [3.05, 3.63) is 23.8 Å². The summed E-state index contributed by atoms with van der Waals surface area (Å²) in [6.07, 6.45) is 1.99. The van der Waals surface area contributed by atoms with Crippen LogP contribution in [0, 0.1) is 0 Å². The molecule has 1 aromatic rings. The molecule has 3 rings (SSSR count). The average Bonchev–Trinajstić information content (AvgIpc) is 2.95. The molecule has 2 aliphatic rings. The van der Waals surface area contributed by atoms with E-state index < -0.39 is 0 Å². The molecule has 1 aromatic carbocycles. The molecule has 19 heavy (non-hydrogen) atoms. The fraction of sp³-hybridized carbons (Fsp3) is 0.500. The summed E-state index contributed by atoms with van der Waals surface area (Å²) < 4.78 is 11.1. The largest absolute Gasteiger partial charge is 0.486 e. The molecule has 0 saturated carbocycles. The first-order chi connectivity index (χ1) is 9.29. The molecule has 1 fully saturated rings. The quantitative estimate of drug-likeness (QED) is 0.781. The zero-order valence-electron chi connectivity index (χ0n) is 10.6. The van der Waals surface area contributed by atoms with E-state index in [4.69, 9.17) is 21.1 Å². The smallest absolute Gasteiger partial charge is 0.238 e. The summed E-state index contributed by atoms with van der Waals surface area (Å²) in [5.41, 5.74) is 1.10. The highest BCUT2D eigenvalue weighted by molar-refractivity contribution is 6.27. The van der Waals surface area contributed by atoms with Gasteiger partial charge in [0.1, 0.15) is 19.1 Å². The Morgan fingerprint density at radius 3 is 2.89 bits per heavy atom. The molecule has 0 bridgehead atoms. The zero-order valence-corrected chi connectivity index (χ0v) is 11.4. The standard InChI is InChI=1S/C14H16ClNO3/c15-9-14(17)16-5-1-2-11(16)10-3-4-12-13(8-10)19-7-6-18-12/h3-4,8,11H,1-2,5-7,9H2/t11-/m1/s1. The first-order valence-electron chi connectivity index (χ1n) is 6.54. The van der Waals surface area contributed by atoms with E-state index in [-0.39, 0.29) is 17.8 Å². The molecule has 102 valence electrons. The van der Waals surface area contributed by atoms with Crippen molar-refractivity contribution in [3.63, 3.8) is 0 Å². The molecule has 0 aromatic heterocycles. The summed E-state index contributed by atoms with van der Waals surface area (Å²) >= 11 is 5.66. The van der Waals surface area contributed by atoms with Crippen molar-refractivity contribution in [1.29, 1.82) is 0 Å². The Morgan fingerprint density at radius 2 is 2.11 bits per heavy atom. The van der Waals surface area contributed by atoms with E-state index in [1.54, 1.807) is 0 Å². The predicted molar refractivity (Wildman–Crippen MR) is 71.8 cm³/mol. The van der Waals surface area contributed by atoms with Crippen LogP contribution in [-0.4, -0.2) is 36.4 Å². The topological polar surface area (TPSA) is 38.8 Å². The van der Waals surface area contributed by atoms with Gasteiger partial charge in [-0.2, -0.15) is 0 Å². The van der Waals surface area contributed by atoms with Gasteiger partial charge in [-0.3, -0.25) is 4.79 Å². The number of ether oxygens (including phenoxy) is 2. The molecular formula is C14H16ClNO3. The summed E-state index contributed by atoms with van der Waals surface area (Å²) in [7, 11) is 0. The van der Waals surface area contributed by atoms with Crippen LogP contribution in [0.15, 0.2) is 18.2 Å². The molecule has 0 aliphatic carbocycles. The van der Waals surface area contributed by atoms with Crippen molar-refractivity contribution in [3.8, 4) is 11.5 Å². The average molecular weight is 282 g/mol. The molecule has 0 unspecified atom stereocenters. The summed E-state index contributed by atoms with van der Waals surface area (Å²) in [4.78, 5) is 13.7. The third-order valence-corrected chi connectivity index (χ3v) is 3.87. The maximum atomic E-state index is 11.8.